The van der Waals surface area contributed by atoms with E-state index in [9.17, 15) is 14.9 Å². The Hall–Kier alpha value is -1.95. The molecule has 3 N–H and O–H groups in total. The standard InChI is InChI=1S/C10H12N2O4/c11-6-8(5-10(13)14)7-2-1-3-9(4-7)12(15)16/h1-4,8H,5-6,11H2,(H,13,14). The van der Waals surface area contributed by atoms with Gasteiger partial charge in [0.2, 0.25) is 0 Å². The van der Waals surface area contributed by atoms with Crippen LogP contribution in [0.1, 0.15) is 17.9 Å². The molecule has 0 aliphatic rings. The molecule has 0 spiro atoms. The molecule has 0 saturated heterocycles. The number of nitro groups is 1. The molecule has 0 heterocycles. The molecule has 1 aromatic rings. The number of nitrogens with zero attached hydrogens (tertiary/aromatic N) is 1. The summed E-state index contributed by atoms with van der Waals surface area (Å²) < 4.78 is 0. The third kappa shape index (κ3) is 3.03. The second-order valence-electron chi connectivity index (χ2n) is 3.38. The highest BCUT2D eigenvalue weighted by atomic mass is 16.6. The Labute approximate surface area is 91.8 Å². The van der Waals surface area contributed by atoms with Crippen molar-refractivity contribution in [3.05, 3.63) is 39.9 Å². The van der Waals surface area contributed by atoms with Crippen molar-refractivity contribution in [1.29, 1.82) is 0 Å². The Morgan fingerprint density at radius 3 is 2.75 bits per heavy atom. The summed E-state index contributed by atoms with van der Waals surface area (Å²) in [5.74, 6) is -1.36. The molecule has 1 aromatic carbocycles. The van der Waals surface area contributed by atoms with Crippen LogP contribution in [-0.4, -0.2) is 22.5 Å². The lowest BCUT2D eigenvalue weighted by Crippen LogP contribution is -2.16. The Morgan fingerprint density at radius 2 is 2.25 bits per heavy atom. The first-order valence-corrected chi connectivity index (χ1v) is 4.70. The van der Waals surface area contributed by atoms with E-state index in [2.05, 4.69) is 0 Å². The molecule has 0 aromatic heterocycles. The van der Waals surface area contributed by atoms with Gasteiger partial charge in [-0.1, -0.05) is 12.1 Å². The first-order valence-electron chi connectivity index (χ1n) is 4.70. The number of non-ortho nitro benzene ring substituents is 1. The van der Waals surface area contributed by atoms with Crippen LogP contribution < -0.4 is 5.73 Å². The fourth-order valence-electron chi connectivity index (χ4n) is 1.44. The van der Waals surface area contributed by atoms with Crippen LogP contribution in [0.2, 0.25) is 0 Å². The monoisotopic (exact) mass is 224 g/mol. The van der Waals surface area contributed by atoms with Crippen molar-refractivity contribution < 1.29 is 14.8 Å². The van der Waals surface area contributed by atoms with Crippen LogP contribution in [0.15, 0.2) is 24.3 Å². The fourth-order valence-corrected chi connectivity index (χ4v) is 1.44. The first kappa shape index (κ1) is 12.1. The number of carboxylic acid groups (broad SMARTS) is 1. The van der Waals surface area contributed by atoms with Gasteiger partial charge in [0.15, 0.2) is 0 Å². The molecule has 6 nitrogen and oxygen atoms in total. The van der Waals surface area contributed by atoms with E-state index in [1.54, 1.807) is 6.07 Å². The van der Waals surface area contributed by atoms with Gasteiger partial charge in [0, 0.05) is 18.1 Å². The molecule has 1 atom stereocenters. The Morgan fingerprint density at radius 1 is 1.56 bits per heavy atom. The van der Waals surface area contributed by atoms with Gasteiger partial charge in [-0.05, 0) is 12.1 Å². The molecule has 0 aliphatic heterocycles. The summed E-state index contributed by atoms with van der Waals surface area (Å²) in [6, 6.07) is 5.89. The number of hydrogen-bond acceptors (Lipinski definition) is 4. The van der Waals surface area contributed by atoms with Crippen LogP contribution in [0, 0.1) is 10.1 Å². The maximum atomic E-state index is 10.6. The summed E-state index contributed by atoms with van der Waals surface area (Å²) in [6.45, 7) is 0.146. The highest BCUT2D eigenvalue weighted by Gasteiger charge is 2.16. The van der Waals surface area contributed by atoms with Gasteiger partial charge in [-0.15, -0.1) is 0 Å². The third-order valence-corrected chi connectivity index (χ3v) is 2.26. The predicted molar refractivity (Wildman–Crippen MR) is 57.1 cm³/mol. The second-order valence-corrected chi connectivity index (χ2v) is 3.38. The number of benzene rings is 1. The third-order valence-electron chi connectivity index (χ3n) is 2.26. The van der Waals surface area contributed by atoms with Crippen molar-refractivity contribution in [2.75, 3.05) is 6.54 Å². The minimum absolute atomic E-state index is 0.0543. The van der Waals surface area contributed by atoms with Crippen molar-refractivity contribution in [2.45, 2.75) is 12.3 Å². The molecule has 0 saturated carbocycles. The molecule has 16 heavy (non-hydrogen) atoms. The van der Waals surface area contributed by atoms with E-state index in [0.717, 1.165) is 0 Å². The van der Waals surface area contributed by atoms with Gasteiger partial charge >= 0.3 is 5.97 Å². The number of hydrogen-bond donors (Lipinski definition) is 2. The van der Waals surface area contributed by atoms with E-state index in [-0.39, 0.29) is 18.7 Å². The Kier molecular flexibility index (Phi) is 3.96. The zero-order valence-corrected chi connectivity index (χ0v) is 8.50. The van der Waals surface area contributed by atoms with E-state index < -0.39 is 16.8 Å². The minimum Gasteiger partial charge on any atom is -0.481 e. The predicted octanol–water partition coefficient (Wildman–Crippen LogP) is 1.11. The van der Waals surface area contributed by atoms with Gasteiger partial charge in [0.1, 0.15) is 0 Å². The number of aliphatic carboxylic acids is 1. The van der Waals surface area contributed by atoms with E-state index in [4.69, 9.17) is 10.8 Å². The van der Waals surface area contributed by atoms with Crippen molar-refractivity contribution in [1.82, 2.24) is 0 Å². The molecule has 6 heteroatoms. The summed E-state index contributed by atoms with van der Waals surface area (Å²) in [5.41, 5.74) is 5.97. The van der Waals surface area contributed by atoms with Crippen molar-refractivity contribution in [2.24, 2.45) is 5.73 Å². The first-order chi connectivity index (χ1) is 7.54. The van der Waals surface area contributed by atoms with Crippen molar-refractivity contribution >= 4 is 11.7 Å². The molecule has 0 bridgehead atoms. The van der Waals surface area contributed by atoms with Crippen LogP contribution in [-0.2, 0) is 4.79 Å². The van der Waals surface area contributed by atoms with Gasteiger partial charge in [0.25, 0.3) is 5.69 Å². The summed E-state index contributed by atoms with van der Waals surface area (Å²) >= 11 is 0. The number of carbonyl (C=O) groups is 1. The average molecular weight is 224 g/mol. The van der Waals surface area contributed by atoms with Crippen LogP contribution in [0.25, 0.3) is 0 Å². The van der Waals surface area contributed by atoms with Crippen molar-refractivity contribution in [3.8, 4) is 0 Å². The largest absolute Gasteiger partial charge is 0.481 e. The number of nitrogens with two attached hydrogens (primary N) is 1. The quantitative estimate of drug-likeness (QED) is 0.575. The molecule has 1 unspecified atom stereocenters. The lowest BCUT2D eigenvalue weighted by atomic mass is 9.95. The fraction of sp³-hybridized carbons (Fsp3) is 0.300. The number of carboxylic acids is 1. The molecule has 0 amide bonds. The van der Waals surface area contributed by atoms with E-state index in [1.807, 2.05) is 0 Å². The second kappa shape index (κ2) is 5.22. The molecular formula is C10H12N2O4. The highest BCUT2D eigenvalue weighted by Crippen LogP contribution is 2.22. The summed E-state index contributed by atoms with van der Waals surface area (Å²) in [5, 5.41) is 19.2. The van der Waals surface area contributed by atoms with E-state index >= 15 is 0 Å². The topological polar surface area (TPSA) is 106 Å². The zero-order valence-electron chi connectivity index (χ0n) is 8.50. The smallest absolute Gasteiger partial charge is 0.304 e. The van der Waals surface area contributed by atoms with Gasteiger partial charge in [-0.25, -0.2) is 0 Å². The summed E-state index contributed by atoms with van der Waals surface area (Å²) in [4.78, 5) is 20.6. The van der Waals surface area contributed by atoms with E-state index in [0.29, 0.717) is 5.56 Å². The highest BCUT2D eigenvalue weighted by molar-refractivity contribution is 5.68. The van der Waals surface area contributed by atoms with Crippen LogP contribution in [0.5, 0.6) is 0 Å². The van der Waals surface area contributed by atoms with Crippen LogP contribution >= 0.6 is 0 Å². The van der Waals surface area contributed by atoms with Crippen molar-refractivity contribution in [3.63, 3.8) is 0 Å². The normalized spacial score (nSPS) is 12.1. The molecule has 0 radical (unpaired) electrons. The van der Waals surface area contributed by atoms with Gasteiger partial charge in [-0.3, -0.25) is 14.9 Å². The van der Waals surface area contributed by atoms with Gasteiger partial charge in [0.05, 0.1) is 11.3 Å². The molecule has 0 fully saturated rings. The molecule has 86 valence electrons. The SMILES string of the molecule is NCC(CC(=O)O)c1cccc([N+](=O)[O-])c1. The molecular weight excluding hydrogens is 212 g/mol. The van der Waals surface area contributed by atoms with Gasteiger partial charge in [-0.2, -0.15) is 0 Å². The lowest BCUT2D eigenvalue weighted by molar-refractivity contribution is -0.384. The maximum absolute atomic E-state index is 10.6. The summed E-state index contributed by atoms with van der Waals surface area (Å²) in [7, 11) is 0. The maximum Gasteiger partial charge on any atom is 0.304 e. The van der Waals surface area contributed by atoms with Crippen LogP contribution in [0.3, 0.4) is 0 Å². The van der Waals surface area contributed by atoms with Crippen LogP contribution in [0.4, 0.5) is 5.69 Å². The molecule has 1 rings (SSSR count). The van der Waals surface area contributed by atoms with E-state index in [1.165, 1.54) is 18.2 Å². The average Bonchev–Trinajstić information content (AvgIpc) is 2.25. The Balaban J connectivity index is 2.96. The van der Waals surface area contributed by atoms with Gasteiger partial charge < -0.3 is 10.8 Å². The summed E-state index contributed by atoms with van der Waals surface area (Å²) in [6.07, 6.45) is -0.127. The molecule has 0 aliphatic carbocycles. The lowest BCUT2D eigenvalue weighted by Gasteiger charge is -2.11. The minimum atomic E-state index is -0.970. The number of nitro benzene ring substituents is 1. The Bertz CT molecular complexity index is 406. The zero-order chi connectivity index (χ0) is 12.1. The number of rotatable bonds is 5.